The first-order chi connectivity index (χ1) is 9.98. The maximum atomic E-state index is 12.1. The average Bonchev–Trinajstić information content (AvgIpc) is 2.85. The second-order valence-corrected chi connectivity index (χ2v) is 6.19. The molecule has 1 unspecified atom stereocenters. The highest BCUT2D eigenvalue weighted by Gasteiger charge is 2.46. The molecule has 0 aromatic heterocycles. The molecule has 21 heavy (non-hydrogen) atoms. The lowest BCUT2D eigenvalue weighted by molar-refractivity contribution is -0.150. The SMILES string of the molecule is CCC1(C(=O)O)CCCN1CC(=O)Nc1ccc(Br)cc1. The number of carboxylic acid groups (broad SMARTS) is 1. The van der Waals surface area contributed by atoms with E-state index in [-0.39, 0.29) is 12.5 Å². The van der Waals surface area contributed by atoms with Crippen LogP contribution < -0.4 is 5.32 Å². The van der Waals surface area contributed by atoms with Crippen LogP contribution in [0.5, 0.6) is 0 Å². The van der Waals surface area contributed by atoms with Crippen LogP contribution in [0.15, 0.2) is 28.7 Å². The molecular formula is C15H19BrN2O3. The third-order valence-electron chi connectivity index (χ3n) is 4.07. The maximum Gasteiger partial charge on any atom is 0.324 e. The number of carbonyl (C=O) groups excluding carboxylic acids is 1. The third kappa shape index (κ3) is 3.44. The van der Waals surface area contributed by atoms with Gasteiger partial charge in [0.05, 0.1) is 6.54 Å². The van der Waals surface area contributed by atoms with Crippen molar-refractivity contribution >= 4 is 33.5 Å². The first kappa shape index (κ1) is 16.0. The maximum absolute atomic E-state index is 12.1. The number of nitrogens with one attached hydrogen (secondary N) is 1. The molecule has 1 aliphatic rings. The fourth-order valence-corrected chi connectivity index (χ4v) is 3.13. The Balaban J connectivity index is 2.01. The molecule has 5 nitrogen and oxygen atoms in total. The highest BCUT2D eigenvalue weighted by Crippen LogP contribution is 2.32. The summed E-state index contributed by atoms with van der Waals surface area (Å²) in [4.78, 5) is 25.5. The first-order valence-electron chi connectivity index (χ1n) is 7.02. The van der Waals surface area contributed by atoms with Gasteiger partial charge in [-0.05, 0) is 50.1 Å². The molecule has 1 saturated heterocycles. The molecule has 1 aromatic carbocycles. The summed E-state index contributed by atoms with van der Waals surface area (Å²) >= 11 is 3.34. The second-order valence-electron chi connectivity index (χ2n) is 5.27. The van der Waals surface area contributed by atoms with Gasteiger partial charge in [-0.2, -0.15) is 0 Å². The molecule has 114 valence electrons. The van der Waals surface area contributed by atoms with Gasteiger partial charge in [0.25, 0.3) is 0 Å². The van der Waals surface area contributed by atoms with Crippen molar-refractivity contribution in [3.05, 3.63) is 28.7 Å². The van der Waals surface area contributed by atoms with Crippen molar-refractivity contribution < 1.29 is 14.7 Å². The molecule has 1 aliphatic heterocycles. The van der Waals surface area contributed by atoms with Crippen LogP contribution in [0.25, 0.3) is 0 Å². The first-order valence-corrected chi connectivity index (χ1v) is 7.81. The molecule has 0 saturated carbocycles. The fraction of sp³-hybridized carbons (Fsp3) is 0.467. The van der Waals surface area contributed by atoms with E-state index in [4.69, 9.17) is 0 Å². The molecule has 1 aromatic rings. The topological polar surface area (TPSA) is 69.6 Å². The lowest BCUT2D eigenvalue weighted by Crippen LogP contribution is -2.52. The Morgan fingerprint density at radius 2 is 2.05 bits per heavy atom. The lowest BCUT2D eigenvalue weighted by Gasteiger charge is -2.33. The van der Waals surface area contributed by atoms with E-state index in [1.54, 1.807) is 17.0 Å². The van der Waals surface area contributed by atoms with Crippen LogP contribution in [0.3, 0.4) is 0 Å². The number of likely N-dealkylation sites (tertiary alicyclic amines) is 1. The number of aliphatic carboxylic acids is 1. The number of amides is 1. The van der Waals surface area contributed by atoms with Gasteiger partial charge >= 0.3 is 5.97 Å². The molecule has 0 aliphatic carbocycles. The van der Waals surface area contributed by atoms with E-state index in [0.717, 1.165) is 10.9 Å². The molecule has 1 amide bonds. The second kappa shape index (κ2) is 6.58. The molecule has 0 bridgehead atoms. The Hall–Kier alpha value is -1.40. The molecule has 1 heterocycles. The standard InChI is InChI=1S/C15H19BrN2O3/c1-2-15(14(20)21)8-3-9-18(15)10-13(19)17-12-6-4-11(16)5-7-12/h4-7H,2-3,8-10H2,1H3,(H,17,19)(H,20,21). The zero-order valence-electron chi connectivity index (χ0n) is 11.9. The number of nitrogens with zero attached hydrogens (tertiary/aromatic N) is 1. The van der Waals surface area contributed by atoms with E-state index in [0.29, 0.717) is 25.1 Å². The largest absolute Gasteiger partial charge is 0.480 e. The summed E-state index contributed by atoms with van der Waals surface area (Å²) in [7, 11) is 0. The minimum Gasteiger partial charge on any atom is -0.480 e. The Morgan fingerprint density at radius 1 is 1.38 bits per heavy atom. The highest BCUT2D eigenvalue weighted by molar-refractivity contribution is 9.10. The quantitative estimate of drug-likeness (QED) is 0.852. The van der Waals surface area contributed by atoms with Crippen molar-refractivity contribution in [1.82, 2.24) is 4.90 Å². The summed E-state index contributed by atoms with van der Waals surface area (Å²) < 4.78 is 0.941. The molecule has 0 radical (unpaired) electrons. The van der Waals surface area contributed by atoms with Crippen LogP contribution in [-0.4, -0.2) is 40.5 Å². The number of anilines is 1. The lowest BCUT2D eigenvalue weighted by atomic mass is 9.93. The van der Waals surface area contributed by atoms with Crippen molar-refractivity contribution in [2.45, 2.75) is 31.7 Å². The Kier molecular flexibility index (Phi) is 5.00. The van der Waals surface area contributed by atoms with E-state index < -0.39 is 11.5 Å². The van der Waals surface area contributed by atoms with E-state index in [9.17, 15) is 14.7 Å². The van der Waals surface area contributed by atoms with Crippen molar-refractivity contribution in [3.63, 3.8) is 0 Å². The smallest absolute Gasteiger partial charge is 0.324 e. The number of hydrogen-bond donors (Lipinski definition) is 2. The number of carbonyl (C=O) groups is 2. The average molecular weight is 355 g/mol. The number of hydrogen-bond acceptors (Lipinski definition) is 3. The van der Waals surface area contributed by atoms with Gasteiger partial charge in [-0.1, -0.05) is 22.9 Å². The Labute approximate surface area is 132 Å². The summed E-state index contributed by atoms with van der Waals surface area (Å²) in [5.74, 6) is -1.02. The zero-order valence-corrected chi connectivity index (χ0v) is 13.5. The molecular weight excluding hydrogens is 336 g/mol. The van der Waals surface area contributed by atoms with Gasteiger partial charge in [0.1, 0.15) is 5.54 Å². The van der Waals surface area contributed by atoms with Crippen molar-refractivity contribution in [2.24, 2.45) is 0 Å². The van der Waals surface area contributed by atoms with Gasteiger partial charge in [-0.3, -0.25) is 14.5 Å². The number of benzene rings is 1. The predicted molar refractivity (Wildman–Crippen MR) is 84.2 cm³/mol. The Bertz CT molecular complexity index is 532. The van der Waals surface area contributed by atoms with Gasteiger partial charge < -0.3 is 10.4 Å². The van der Waals surface area contributed by atoms with E-state index in [1.165, 1.54) is 0 Å². The van der Waals surface area contributed by atoms with Gasteiger partial charge in [-0.15, -0.1) is 0 Å². The van der Waals surface area contributed by atoms with Crippen LogP contribution in [0, 0.1) is 0 Å². The minimum atomic E-state index is -0.892. The summed E-state index contributed by atoms with van der Waals surface area (Å²) in [6.07, 6.45) is 1.92. The number of rotatable bonds is 5. The molecule has 1 atom stereocenters. The molecule has 2 rings (SSSR count). The Morgan fingerprint density at radius 3 is 2.62 bits per heavy atom. The van der Waals surface area contributed by atoms with Crippen molar-refractivity contribution in [2.75, 3.05) is 18.4 Å². The number of carboxylic acids is 1. The summed E-state index contributed by atoms with van der Waals surface area (Å²) in [6.45, 7) is 2.61. The van der Waals surface area contributed by atoms with Crippen LogP contribution in [0.4, 0.5) is 5.69 Å². The molecule has 2 N–H and O–H groups in total. The summed E-state index contributed by atoms with van der Waals surface area (Å²) in [5, 5.41) is 12.3. The van der Waals surface area contributed by atoms with Crippen LogP contribution in [-0.2, 0) is 9.59 Å². The number of halogens is 1. The van der Waals surface area contributed by atoms with Crippen LogP contribution >= 0.6 is 15.9 Å². The minimum absolute atomic E-state index is 0.107. The summed E-state index contributed by atoms with van der Waals surface area (Å²) in [6, 6.07) is 7.30. The monoisotopic (exact) mass is 354 g/mol. The third-order valence-corrected chi connectivity index (χ3v) is 4.60. The van der Waals surface area contributed by atoms with E-state index >= 15 is 0 Å². The normalized spacial score (nSPS) is 22.2. The molecule has 6 heteroatoms. The van der Waals surface area contributed by atoms with Gasteiger partial charge in [0.15, 0.2) is 0 Å². The molecule has 1 fully saturated rings. The van der Waals surface area contributed by atoms with Crippen molar-refractivity contribution in [1.29, 1.82) is 0 Å². The van der Waals surface area contributed by atoms with Gasteiger partial charge in [-0.25, -0.2) is 0 Å². The van der Waals surface area contributed by atoms with Gasteiger partial charge in [0, 0.05) is 10.2 Å². The fourth-order valence-electron chi connectivity index (χ4n) is 2.87. The predicted octanol–water partition coefficient (Wildman–Crippen LogP) is 2.72. The van der Waals surface area contributed by atoms with E-state index in [2.05, 4.69) is 21.2 Å². The summed E-state index contributed by atoms with van der Waals surface area (Å²) in [5.41, 5.74) is -0.184. The molecule has 0 spiro atoms. The van der Waals surface area contributed by atoms with Crippen LogP contribution in [0.2, 0.25) is 0 Å². The van der Waals surface area contributed by atoms with Crippen LogP contribution in [0.1, 0.15) is 26.2 Å². The van der Waals surface area contributed by atoms with Gasteiger partial charge in [0.2, 0.25) is 5.91 Å². The highest BCUT2D eigenvalue weighted by atomic mass is 79.9. The van der Waals surface area contributed by atoms with E-state index in [1.807, 2.05) is 19.1 Å². The zero-order chi connectivity index (χ0) is 15.5. The van der Waals surface area contributed by atoms with Crippen molar-refractivity contribution in [3.8, 4) is 0 Å².